The largest absolute Gasteiger partial charge is 0.471 e. The molecule has 0 amide bonds. The summed E-state index contributed by atoms with van der Waals surface area (Å²) in [7, 11) is -4.96. The van der Waals surface area contributed by atoms with Gasteiger partial charge in [-0.3, -0.25) is 0 Å². The zero-order valence-corrected chi connectivity index (χ0v) is 25.5. The van der Waals surface area contributed by atoms with Crippen LogP contribution in [0.3, 0.4) is 0 Å². The Balaban J connectivity index is 1.46. The van der Waals surface area contributed by atoms with E-state index in [0.29, 0.717) is 5.54 Å². The molecule has 0 aliphatic heterocycles. The smallest absolute Gasteiger partial charge is 0.422 e. The van der Waals surface area contributed by atoms with E-state index >= 15 is 0 Å². The van der Waals surface area contributed by atoms with Gasteiger partial charge in [0.1, 0.15) is 0 Å². The summed E-state index contributed by atoms with van der Waals surface area (Å²) < 4.78 is 20.9. The highest BCUT2D eigenvalue weighted by atomic mass is 28.5. The van der Waals surface area contributed by atoms with Crippen LogP contribution in [0.25, 0.3) is 0 Å². The lowest BCUT2D eigenvalue weighted by atomic mass is 10.0. The molecule has 1 aliphatic carbocycles. The minimum absolute atomic E-state index is 0.496. The third kappa shape index (κ3) is 7.98. The van der Waals surface area contributed by atoms with Gasteiger partial charge >= 0.3 is 8.80 Å². The van der Waals surface area contributed by atoms with Gasteiger partial charge in [0.2, 0.25) is 0 Å². The fraction of sp³-hybridized carbons (Fsp3) is 0.333. The van der Waals surface area contributed by atoms with E-state index in [4.69, 9.17) is 12.3 Å². The van der Waals surface area contributed by atoms with Crippen LogP contribution in [-0.2, 0) is 30.5 Å². The maximum absolute atomic E-state index is 6.95. The van der Waals surface area contributed by atoms with Crippen molar-refractivity contribution in [3.8, 4) is 0 Å². The van der Waals surface area contributed by atoms with Crippen molar-refractivity contribution in [1.82, 2.24) is 0 Å². The van der Waals surface area contributed by atoms with Crippen molar-refractivity contribution in [2.45, 2.75) is 55.8 Å². The predicted molar refractivity (Wildman–Crippen MR) is 152 cm³/mol. The molecule has 3 aromatic carbocycles. The summed E-state index contributed by atoms with van der Waals surface area (Å²) in [5.41, 5.74) is 4.63. The molecule has 7 heteroatoms. The molecule has 4 rings (SSSR count). The molecule has 1 saturated carbocycles. The van der Waals surface area contributed by atoms with E-state index in [1.54, 1.807) is 0 Å². The Kier molecular flexibility index (Phi) is 10.6. The summed E-state index contributed by atoms with van der Waals surface area (Å²) in [5.74, 6) is 0. The fourth-order valence-corrected chi connectivity index (χ4v) is 18.3. The summed E-state index contributed by atoms with van der Waals surface area (Å²) in [5, 5.41) is 0. The summed E-state index contributed by atoms with van der Waals surface area (Å²) in [4.78, 5) is 0. The summed E-state index contributed by atoms with van der Waals surface area (Å²) in [6, 6.07) is 35.5. The van der Waals surface area contributed by atoms with Crippen LogP contribution in [0, 0.1) is 0 Å². The molecular weight excluding hydrogens is 485 g/mol. The first kappa shape index (κ1) is 25.5. The van der Waals surface area contributed by atoms with Crippen molar-refractivity contribution in [3.63, 3.8) is 0 Å². The SMILES string of the molecule is c1ccc(C[SiH2]O[Si](O[SiH2]Cc2ccccc2)(O[SiH2]Cc2ccccc2)C2CCCCC2)cc1. The average Bonchev–Trinajstić information content (AvgIpc) is 2.91. The average molecular weight is 523 g/mol. The van der Waals surface area contributed by atoms with Crippen LogP contribution in [0.2, 0.25) is 5.54 Å². The summed E-state index contributed by atoms with van der Waals surface area (Å²) in [6.07, 6.45) is 6.34. The minimum atomic E-state index is -2.67. The first-order valence-electron chi connectivity index (χ1n) is 12.9. The van der Waals surface area contributed by atoms with Gasteiger partial charge in [-0.1, -0.05) is 110 Å². The van der Waals surface area contributed by atoms with Crippen LogP contribution in [0.1, 0.15) is 48.8 Å². The molecule has 0 unspecified atom stereocenters. The van der Waals surface area contributed by atoms with Crippen LogP contribution in [0.5, 0.6) is 0 Å². The molecule has 1 aliphatic rings. The van der Waals surface area contributed by atoms with Gasteiger partial charge in [0.15, 0.2) is 29.3 Å². The second kappa shape index (κ2) is 14.1. The van der Waals surface area contributed by atoms with Gasteiger partial charge in [0.05, 0.1) is 0 Å². The van der Waals surface area contributed by atoms with E-state index in [1.165, 1.54) is 48.8 Å². The van der Waals surface area contributed by atoms with Crippen LogP contribution >= 0.6 is 0 Å². The maximum Gasteiger partial charge on any atom is 0.471 e. The van der Waals surface area contributed by atoms with Gasteiger partial charge in [0.25, 0.3) is 0 Å². The molecule has 0 aromatic heterocycles. The first-order chi connectivity index (χ1) is 16.8. The normalized spacial score (nSPS) is 17.3. The topological polar surface area (TPSA) is 27.7 Å². The lowest BCUT2D eigenvalue weighted by Gasteiger charge is -2.39. The van der Waals surface area contributed by atoms with Crippen LogP contribution in [-0.4, -0.2) is 38.1 Å². The molecule has 0 atom stereocenters. The number of benzene rings is 3. The molecule has 0 spiro atoms. The first-order valence-corrected chi connectivity index (χ1v) is 19.4. The molecule has 3 nitrogen and oxygen atoms in total. The Hall–Kier alpha value is -1.59. The zero-order valence-electron chi connectivity index (χ0n) is 20.2. The highest BCUT2D eigenvalue weighted by Gasteiger charge is 2.48. The fourth-order valence-electron chi connectivity index (χ4n) is 4.80. The van der Waals surface area contributed by atoms with Gasteiger partial charge in [-0.05, 0) is 47.7 Å². The monoisotopic (exact) mass is 522 g/mol. The summed E-state index contributed by atoms with van der Waals surface area (Å²) in [6.45, 7) is 0. The Bertz CT molecular complexity index is 827. The molecule has 3 aromatic rings. The van der Waals surface area contributed by atoms with Crippen molar-refractivity contribution < 1.29 is 12.3 Å². The second-order valence-electron chi connectivity index (χ2n) is 9.19. The lowest BCUT2D eigenvalue weighted by molar-refractivity contribution is 0.241. The molecule has 34 heavy (non-hydrogen) atoms. The quantitative estimate of drug-likeness (QED) is 0.316. The van der Waals surface area contributed by atoms with E-state index < -0.39 is 38.1 Å². The lowest BCUT2D eigenvalue weighted by Crippen LogP contribution is -2.54. The van der Waals surface area contributed by atoms with E-state index in [9.17, 15) is 0 Å². The van der Waals surface area contributed by atoms with E-state index in [0.717, 1.165) is 18.1 Å². The van der Waals surface area contributed by atoms with Gasteiger partial charge < -0.3 is 12.3 Å². The summed E-state index contributed by atoms with van der Waals surface area (Å²) >= 11 is 0. The number of hydrogen-bond acceptors (Lipinski definition) is 3. The van der Waals surface area contributed by atoms with Crippen molar-refractivity contribution >= 4 is 38.1 Å². The van der Waals surface area contributed by atoms with Crippen molar-refractivity contribution in [3.05, 3.63) is 108 Å². The highest BCUT2D eigenvalue weighted by Crippen LogP contribution is 2.38. The highest BCUT2D eigenvalue weighted by molar-refractivity contribution is 6.74. The second-order valence-corrected chi connectivity index (χ2v) is 17.4. The van der Waals surface area contributed by atoms with Crippen LogP contribution in [0.15, 0.2) is 91.0 Å². The Morgan fingerprint density at radius 3 is 1.24 bits per heavy atom. The Morgan fingerprint density at radius 2 is 0.882 bits per heavy atom. The molecule has 1 fully saturated rings. The maximum atomic E-state index is 6.95. The van der Waals surface area contributed by atoms with Gasteiger partial charge in [-0.25, -0.2) is 0 Å². The van der Waals surface area contributed by atoms with Gasteiger partial charge in [0, 0.05) is 5.54 Å². The molecule has 0 radical (unpaired) electrons. The Morgan fingerprint density at radius 1 is 0.529 bits per heavy atom. The third-order valence-corrected chi connectivity index (χ3v) is 17.9. The van der Waals surface area contributed by atoms with E-state index in [2.05, 4.69) is 91.0 Å². The van der Waals surface area contributed by atoms with Gasteiger partial charge in [-0.2, -0.15) is 0 Å². The molecule has 180 valence electrons. The molecule has 0 N–H and O–H groups in total. The third-order valence-electron chi connectivity index (χ3n) is 6.72. The predicted octanol–water partition coefficient (Wildman–Crippen LogP) is 4.16. The van der Waals surface area contributed by atoms with Crippen LogP contribution in [0.4, 0.5) is 0 Å². The van der Waals surface area contributed by atoms with E-state index in [-0.39, 0.29) is 0 Å². The molecule has 0 heterocycles. The van der Waals surface area contributed by atoms with Gasteiger partial charge in [-0.15, -0.1) is 0 Å². The van der Waals surface area contributed by atoms with Crippen LogP contribution < -0.4 is 0 Å². The van der Waals surface area contributed by atoms with E-state index in [1.807, 2.05) is 0 Å². The molecule has 0 bridgehead atoms. The van der Waals surface area contributed by atoms with Crippen molar-refractivity contribution in [2.24, 2.45) is 0 Å². The van der Waals surface area contributed by atoms with Crippen molar-refractivity contribution in [1.29, 1.82) is 0 Å². The number of hydrogen-bond donors (Lipinski definition) is 0. The number of rotatable bonds is 13. The molecular formula is C27H38O3Si4. The van der Waals surface area contributed by atoms with Crippen molar-refractivity contribution in [2.75, 3.05) is 0 Å². The molecule has 0 saturated heterocycles. The minimum Gasteiger partial charge on any atom is -0.422 e. The Labute approximate surface area is 213 Å². The zero-order chi connectivity index (χ0) is 23.3. The standard InChI is InChI=1S/C27H38O3Si4/c1-5-13-24(14-6-1)21-31-28-34(27-19-11-4-12-20-27,29-32-22-25-15-7-2-8-16-25)30-33-23-26-17-9-3-10-18-26/h1-3,5-10,13-18,27H,4,11-12,19-23,31-33H2.